The van der Waals surface area contributed by atoms with E-state index in [0.717, 1.165) is 37.4 Å². The molecule has 7 heteroatoms. The van der Waals surface area contributed by atoms with Gasteiger partial charge in [-0.1, -0.05) is 32.0 Å². The van der Waals surface area contributed by atoms with Crippen molar-refractivity contribution in [2.45, 2.75) is 20.3 Å². The van der Waals surface area contributed by atoms with Gasteiger partial charge in [-0.05, 0) is 80.7 Å². The van der Waals surface area contributed by atoms with E-state index < -0.39 is 0 Å². The number of carbonyl (C=O) groups excluding carboxylic acids is 2. The zero-order valence-electron chi connectivity index (χ0n) is 20.6. The van der Waals surface area contributed by atoms with Crippen LogP contribution >= 0.6 is 0 Å². The molecule has 0 saturated heterocycles. The van der Waals surface area contributed by atoms with Gasteiger partial charge in [0.2, 0.25) is 0 Å². The Hall–Kier alpha value is -3.84. The number of anilines is 3. The number of amides is 2. The molecular weight excluding hydrogens is 440 g/mol. The lowest BCUT2D eigenvalue weighted by atomic mass is 10.1. The minimum atomic E-state index is -0.222. The third-order valence-electron chi connectivity index (χ3n) is 5.70. The van der Waals surface area contributed by atoms with Gasteiger partial charge in [0.15, 0.2) is 0 Å². The van der Waals surface area contributed by atoms with Crippen LogP contribution in [-0.4, -0.2) is 50.0 Å². The molecule has 3 N–H and O–H groups in total. The number of rotatable bonds is 12. The highest BCUT2D eigenvalue weighted by molar-refractivity contribution is 6.04. The average Bonchev–Trinajstić information content (AvgIpc) is 2.89. The quantitative estimate of drug-likeness (QED) is 0.316. The molecule has 0 radical (unpaired) electrons. The number of benzene rings is 3. The fourth-order valence-electron chi connectivity index (χ4n) is 3.69. The monoisotopic (exact) mass is 474 g/mol. The summed E-state index contributed by atoms with van der Waals surface area (Å²) >= 11 is 0. The normalized spacial score (nSPS) is 10.6. The first-order chi connectivity index (χ1) is 17.0. The summed E-state index contributed by atoms with van der Waals surface area (Å²) in [6, 6.07) is 21.8. The van der Waals surface area contributed by atoms with Crippen molar-refractivity contribution in [3.63, 3.8) is 0 Å². The second-order valence-electron chi connectivity index (χ2n) is 8.11. The van der Waals surface area contributed by atoms with E-state index in [1.807, 2.05) is 42.5 Å². The Labute approximate surface area is 207 Å². The summed E-state index contributed by atoms with van der Waals surface area (Å²) in [5, 5.41) is 9.22. The number of hydrogen-bond donors (Lipinski definition) is 3. The molecule has 0 aliphatic carbocycles. The first kappa shape index (κ1) is 25.8. The molecule has 0 unspecified atom stereocenters. The zero-order chi connectivity index (χ0) is 25.0. The van der Waals surface area contributed by atoms with Crippen LogP contribution < -0.4 is 20.7 Å². The van der Waals surface area contributed by atoms with Gasteiger partial charge >= 0.3 is 0 Å². The number of nitrogens with one attached hydrogen (secondary N) is 3. The molecule has 2 amide bonds. The van der Waals surface area contributed by atoms with Crippen molar-refractivity contribution in [2.24, 2.45) is 0 Å². The molecule has 3 rings (SSSR count). The molecule has 0 bridgehead atoms. The van der Waals surface area contributed by atoms with E-state index in [9.17, 15) is 9.59 Å². The largest absolute Gasteiger partial charge is 0.497 e. The summed E-state index contributed by atoms with van der Waals surface area (Å²) in [5.41, 5.74) is 3.35. The van der Waals surface area contributed by atoms with Gasteiger partial charge < -0.3 is 25.6 Å². The molecule has 35 heavy (non-hydrogen) atoms. The third kappa shape index (κ3) is 7.86. The lowest BCUT2D eigenvalue weighted by Gasteiger charge is -2.17. The smallest absolute Gasteiger partial charge is 0.255 e. The minimum absolute atomic E-state index is 0.0903. The first-order valence-corrected chi connectivity index (χ1v) is 12.0. The molecule has 0 spiro atoms. The van der Waals surface area contributed by atoms with Gasteiger partial charge in [-0.3, -0.25) is 9.59 Å². The molecule has 0 aromatic heterocycles. The standard InChI is InChI=1S/C28H34N4O3/c1-4-32(5-2)17-9-16-29-27(33)21-10-6-12-23(18-21)30-24-13-8-14-25(20-24)31-28(34)22-11-7-15-26(19-22)35-3/h6-8,10-15,18-20,30H,4-5,9,16-17H2,1-3H3,(H,29,33)(H,31,34). The Balaban J connectivity index is 1.58. The summed E-state index contributed by atoms with van der Waals surface area (Å²) in [5.74, 6) is 0.314. The van der Waals surface area contributed by atoms with Crippen LogP contribution in [0.5, 0.6) is 5.75 Å². The summed E-state index contributed by atoms with van der Waals surface area (Å²) in [6.07, 6.45) is 0.916. The van der Waals surface area contributed by atoms with Gasteiger partial charge in [0.25, 0.3) is 11.8 Å². The van der Waals surface area contributed by atoms with Crippen molar-refractivity contribution in [3.8, 4) is 5.75 Å². The van der Waals surface area contributed by atoms with Crippen LogP contribution in [-0.2, 0) is 0 Å². The van der Waals surface area contributed by atoms with Crippen LogP contribution in [0.15, 0.2) is 72.8 Å². The summed E-state index contributed by atoms with van der Waals surface area (Å²) < 4.78 is 5.19. The lowest BCUT2D eigenvalue weighted by Crippen LogP contribution is -2.29. The molecule has 0 heterocycles. The topological polar surface area (TPSA) is 82.7 Å². The van der Waals surface area contributed by atoms with Crippen LogP contribution in [0.2, 0.25) is 0 Å². The van der Waals surface area contributed by atoms with Gasteiger partial charge in [-0.2, -0.15) is 0 Å². The van der Waals surface area contributed by atoms with Crippen LogP contribution in [0.1, 0.15) is 41.0 Å². The fourth-order valence-corrected chi connectivity index (χ4v) is 3.69. The van der Waals surface area contributed by atoms with Gasteiger partial charge in [0.1, 0.15) is 5.75 Å². The highest BCUT2D eigenvalue weighted by Gasteiger charge is 2.09. The van der Waals surface area contributed by atoms with E-state index in [0.29, 0.717) is 29.1 Å². The molecule has 0 aliphatic rings. The summed E-state index contributed by atoms with van der Waals surface area (Å²) in [7, 11) is 1.57. The number of methoxy groups -OCH3 is 1. The van der Waals surface area contributed by atoms with Crippen LogP contribution in [0, 0.1) is 0 Å². The highest BCUT2D eigenvalue weighted by atomic mass is 16.5. The number of hydrogen-bond acceptors (Lipinski definition) is 5. The van der Waals surface area contributed by atoms with Crippen molar-refractivity contribution < 1.29 is 14.3 Å². The Bertz CT molecular complexity index is 1130. The number of carbonyl (C=O) groups is 2. The zero-order valence-corrected chi connectivity index (χ0v) is 20.6. The van der Waals surface area contributed by atoms with E-state index in [-0.39, 0.29) is 11.8 Å². The summed E-state index contributed by atoms with van der Waals surface area (Å²) in [4.78, 5) is 27.5. The fraction of sp³-hybridized carbons (Fsp3) is 0.286. The van der Waals surface area contributed by atoms with E-state index in [1.165, 1.54) is 0 Å². The van der Waals surface area contributed by atoms with Crippen molar-refractivity contribution in [1.29, 1.82) is 0 Å². The van der Waals surface area contributed by atoms with Crippen molar-refractivity contribution >= 4 is 28.9 Å². The van der Waals surface area contributed by atoms with E-state index in [2.05, 4.69) is 34.7 Å². The SMILES string of the molecule is CCN(CC)CCCNC(=O)c1cccc(Nc2cccc(NC(=O)c3cccc(OC)c3)c2)c1. The molecule has 0 aliphatic heterocycles. The Kier molecular flexibility index (Phi) is 9.69. The molecule has 3 aromatic rings. The molecule has 3 aromatic carbocycles. The maximum Gasteiger partial charge on any atom is 0.255 e. The Morgan fingerprint density at radius 3 is 2.14 bits per heavy atom. The third-order valence-corrected chi connectivity index (χ3v) is 5.70. The molecule has 0 fully saturated rings. The molecule has 184 valence electrons. The van der Waals surface area contributed by atoms with Crippen LogP contribution in [0.3, 0.4) is 0 Å². The second-order valence-corrected chi connectivity index (χ2v) is 8.11. The average molecular weight is 475 g/mol. The lowest BCUT2D eigenvalue weighted by molar-refractivity contribution is 0.0951. The molecule has 7 nitrogen and oxygen atoms in total. The van der Waals surface area contributed by atoms with Gasteiger partial charge in [-0.25, -0.2) is 0 Å². The van der Waals surface area contributed by atoms with E-state index in [4.69, 9.17) is 4.74 Å². The number of ether oxygens (including phenoxy) is 1. The van der Waals surface area contributed by atoms with Gasteiger partial charge in [0, 0.05) is 34.7 Å². The minimum Gasteiger partial charge on any atom is -0.497 e. The highest BCUT2D eigenvalue weighted by Crippen LogP contribution is 2.22. The van der Waals surface area contributed by atoms with Crippen LogP contribution in [0.25, 0.3) is 0 Å². The first-order valence-electron chi connectivity index (χ1n) is 12.0. The molecule has 0 atom stereocenters. The molecular formula is C28H34N4O3. The summed E-state index contributed by atoms with van der Waals surface area (Å²) in [6.45, 7) is 7.94. The van der Waals surface area contributed by atoms with Crippen molar-refractivity contribution in [1.82, 2.24) is 10.2 Å². The second kappa shape index (κ2) is 13.2. The van der Waals surface area contributed by atoms with Gasteiger partial charge in [0.05, 0.1) is 7.11 Å². The molecule has 0 saturated carbocycles. The van der Waals surface area contributed by atoms with E-state index >= 15 is 0 Å². The Morgan fingerprint density at radius 1 is 0.800 bits per heavy atom. The maximum absolute atomic E-state index is 12.6. The van der Waals surface area contributed by atoms with Crippen molar-refractivity contribution in [3.05, 3.63) is 83.9 Å². The van der Waals surface area contributed by atoms with E-state index in [1.54, 1.807) is 37.4 Å². The Morgan fingerprint density at radius 2 is 1.43 bits per heavy atom. The predicted molar refractivity (Wildman–Crippen MR) is 142 cm³/mol. The van der Waals surface area contributed by atoms with Crippen molar-refractivity contribution in [2.75, 3.05) is 43.9 Å². The van der Waals surface area contributed by atoms with Crippen LogP contribution in [0.4, 0.5) is 17.1 Å². The number of nitrogens with zero attached hydrogens (tertiary/aromatic N) is 1. The predicted octanol–water partition coefficient (Wildman–Crippen LogP) is 5.15. The van der Waals surface area contributed by atoms with Gasteiger partial charge in [-0.15, -0.1) is 0 Å². The maximum atomic E-state index is 12.6.